The number of benzene rings is 2. The predicted octanol–water partition coefficient (Wildman–Crippen LogP) is 5.20. The van der Waals surface area contributed by atoms with Crippen LogP contribution in [0.4, 0.5) is 11.4 Å². The van der Waals surface area contributed by atoms with Crippen LogP contribution in [-0.4, -0.2) is 24.4 Å². The van der Waals surface area contributed by atoms with Crippen molar-refractivity contribution in [2.75, 3.05) is 17.2 Å². The first-order valence-corrected chi connectivity index (χ1v) is 9.41. The number of hydrogen-bond donors (Lipinski definition) is 2. The van der Waals surface area contributed by atoms with Gasteiger partial charge < -0.3 is 15.4 Å². The summed E-state index contributed by atoms with van der Waals surface area (Å²) in [6, 6.07) is 9.17. The highest BCUT2D eigenvalue weighted by molar-refractivity contribution is 6.42. The highest BCUT2D eigenvalue weighted by Crippen LogP contribution is 2.26. The van der Waals surface area contributed by atoms with Gasteiger partial charge in [0, 0.05) is 17.1 Å². The second-order valence-corrected chi connectivity index (χ2v) is 7.17. The lowest BCUT2D eigenvalue weighted by Crippen LogP contribution is -2.22. The minimum absolute atomic E-state index is 0.121. The van der Waals surface area contributed by atoms with Gasteiger partial charge in [0.15, 0.2) is 6.61 Å². The third-order valence-electron chi connectivity index (χ3n) is 3.33. The van der Waals surface area contributed by atoms with E-state index in [9.17, 15) is 14.4 Å². The first-order chi connectivity index (χ1) is 13.2. The number of hydrogen-bond acceptors (Lipinski definition) is 4. The van der Waals surface area contributed by atoms with Crippen molar-refractivity contribution in [3.8, 4) is 0 Å². The molecule has 2 aromatic rings. The van der Waals surface area contributed by atoms with Crippen LogP contribution in [0.15, 0.2) is 36.4 Å². The Labute approximate surface area is 181 Å². The van der Waals surface area contributed by atoms with Crippen molar-refractivity contribution in [2.45, 2.75) is 12.8 Å². The molecule has 0 aromatic heterocycles. The lowest BCUT2D eigenvalue weighted by Gasteiger charge is -2.09. The Morgan fingerprint density at radius 1 is 0.786 bits per heavy atom. The quantitative estimate of drug-likeness (QED) is 0.552. The fourth-order valence-electron chi connectivity index (χ4n) is 2.01. The van der Waals surface area contributed by atoms with Crippen LogP contribution < -0.4 is 10.6 Å². The zero-order chi connectivity index (χ0) is 20.7. The summed E-state index contributed by atoms with van der Waals surface area (Å²) >= 11 is 23.4. The van der Waals surface area contributed by atoms with Crippen LogP contribution in [0.1, 0.15) is 12.8 Å². The van der Waals surface area contributed by atoms with Gasteiger partial charge in [-0.25, -0.2) is 0 Å². The molecule has 2 amide bonds. The van der Waals surface area contributed by atoms with E-state index in [4.69, 9.17) is 51.1 Å². The van der Waals surface area contributed by atoms with Crippen molar-refractivity contribution >= 4 is 75.6 Å². The van der Waals surface area contributed by atoms with Crippen molar-refractivity contribution in [3.63, 3.8) is 0 Å². The number of carbonyl (C=O) groups excluding carboxylic acids is 3. The van der Waals surface area contributed by atoms with Crippen LogP contribution in [0.2, 0.25) is 20.1 Å². The van der Waals surface area contributed by atoms with E-state index >= 15 is 0 Å². The molecule has 2 aromatic carbocycles. The van der Waals surface area contributed by atoms with Crippen LogP contribution in [0, 0.1) is 0 Å². The van der Waals surface area contributed by atoms with Crippen molar-refractivity contribution < 1.29 is 19.1 Å². The molecule has 0 saturated carbocycles. The largest absolute Gasteiger partial charge is 0.456 e. The standard InChI is InChI=1S/C18H14Cl4N2O4/c19-10-1-4-15(14(22)7-10)24-17(26)9-28-18(27)6-5-16(25)23-11-2-3-12(20)13(21)8-11/h1-4,7-8H,5-6,9H2,(H,23,25)(H,24,26). The maximum Gasteiger partial charge on any atom is 0.306 e. The van der Waals surface area contributed by atoms with Gasteiger partial charge in [-0.05, 0) is 36.4 Å². The van der Waals surface area contributed by atoms with Gasteiger partial charge in [0.1, 0.15) is 0 Å². The molecular weight excluding hydrogens is 450 g/mol. The minimum atomic E-state index is -0.693. The monoisotopic (exact) mass is 462 g/mol. The van der Waals surface area contributed by atoms with E-state index in [1.54, 1.807) is 18.2 Å². The number of rotatable bonds is 7. The van der Waals surface area contributed by atoms with Crippen LogP contribution in [-0.2, 0) is 19.1 Å². The average molecular weight is 464 g/mol. The molecule has 2 N–H and O–H groups in total. The van der Waals surface area contributed by atoms with E-state index in [-0.39, 0.29) is 17.9 Å². The molecule has 0 unspecified atom stereocenters. The van der Waals surface area contributed by atoms with E-state index in [0.29, 0.717) is 26.4 Å². The number of nitrogens with one attached hydrogen (secondary N) is 2. The van der Waals surface area contributed by atoms with Gasteiger partial charge in [0.05, 0.1) is 27.2 Å². The highest BCUT2D eigenvalue weighted by atomic mass is 35.5. The number of esters is 1. The molecule has 6 nitrogen and oxygen atoms in total. The molecule has 0 aliphatic rings. The van der Waals surface area contributed by atoms with Gasteiger partial charge in [-0.1, -0.05) is 46.4 Å². The van der Waals surface area contributed by atoms with E-state index in [1.807, 2.05) is 0 Å². The van der Waals surface area contributed by atoms with Crippen molar-refractivity contribution in [3.05, 3.63) is 56.5 Å². The minimum Gasteiger partial charge on any atom is -0.456 e. The number of carbonyl (C=O) groups is 3. The normalized spacial score (nSPS) is 10.3. The lowest BCUT2D eigenvalue weighted by molar-refractivity contribution is -0.147. The van der Waals surface area contributed by atoms with Gasteiger partial charge in [-0.2, -0.15) is 0 Å². The summed E-state index contributed by atoms with van der Waals surface area (Å²) in [7, 11) is 0. The zero-order valence-corrected chi connectivity index (χ0v) is 17.3. The Morgan fingerprint density at radius 3 is 2.21 bits per heavy atom. The molecule has 2 rings (SSSR count). The van der Waals surface area contributed by atoms with Crippen molar-refractivity contribution in [1.29, 1.82) is 0 Å². The summed E-state index contributed by atoms with van der Waals surface area (Å²) in [4.78, 5) is 35.4. The number of ether oxygens (including phenoxy) is 1. The van der Waals surface area contributed by atoms with Gasteiger partial charge in [-0.3, -0.25) is 14.4 Å². The topological polar surface area (TPSA) is 84.5 Å². The fourth-order valence-corrected chi connectivity index (χ4v) is 2.76. The molecule has 0 aliphatic carbocycles. The molecular formula is C18H14Cl4N2O4. The number of amides is 2. The van der Waals surface area contributed by atoms with Crippen LogP contribution >= 0.6 is 46.4 Å². The van der Waals surface area contributed by atoms with Crippen LogP contribution in [0.3, 0.4) is 0 Å². The van der Waals surface area contributed by atoms with Crippen LogP contribution in [0.25, 0.3) is 0 Å². The first-order valence-electron chi connectivity index (χ1n) is 7.90. The molecule has 148 valence electrons. The molecule has 0 spiro atoms. The summed E-state index contributed by atoms with van der Waals surface area (Å²) in [5.41, 5.74) is 0.792. The Bertz CT molecular complexity index is 905. The summed E-state index contributed by atoms with van der Waals surface area (Å²) in [6.45, 7) is -0.508. The highest BCUT2D eigenvalue weighted by Gasteiger charge is 2.12. The van der Waals surface area contributed by atoms with E-state index in [2.05, 4.69) is 10.6 Å². The van der Waals surface area contributed by atoms with Gasteiger partial charge in [0.25, 0.3) is 5.91 Å². The third-order valence-corrected chi connectivity index (χ3v) is 4.62. The first kappa shape index (κ1) is 22.3. The Balaban J connectivity index is 1.72. The smallest absolute Gasteiger partial charge is 0.306 e. The molecule has 0 saturated heterocycles. The van der Waals surface area contributed by atoms with Gasteiger partial charge in [0.2, 0.25) is 5.91 Å². The predicted molar refractivity (Wildman–Crippen MR) is 110 cm³/mol. The van der Waals surface area contributed by atoms with Crippen LogP contribution in [0.5, 0.6) is 0 Å². The SMILES string of the molecule is O=C(CCC(=O)OCC(=O)Nc1ccc(Cl)cc1Cl)Nc1ccc(Cl)c(Cl)c1. The molecule has 0 atom stereocenters. The molecule has 10 heteroatoms. The van der Waals surface area contributed by atoms with E-state index < -0.39 is 24.4 Å². The second kappa shape index (κ2) is 10.5. The molecule has 0 bridgehead atoms. The fraction of sp³-hybridized carbons (Fsp3) is 0.167. The maximum absolute atomic E-state index is 11.9. The Hall–Kier alpha value is -1.99. The van der Waals surface area contributed by atoms with Crippen molar-refractivity contribution in [2.24, 2.45) is 0 Å². The zero-order valence-electron chi connectivity index (χ0n) is 14.2. The molecule has 0 aliphatic heterocycles. The molecule has 0 heterocycles. The number of halogens is 4. The maximum atomic E-state index is 11.9. The lowest BCUT2D eigenvalue weighted by atomic mass is 10.2. The molecule has 28 heavy (non-hydrogen) atoms. The molecule has 0 radical (unpaired) electrons. The third kappa shape index (κ3) is 7.20. The number of anilines is 2. The Morgan fingerprint density at radius 2 is 1.54 bits per heavy atom. The summed E-state index contributed by atoms with van der Waals surface area (Å²) in [6.07, 6.45) is -0.314. The van der Waals surface area contributed by atoms with Gasteiger partial charge in [-0.15, -0.1) is 0 Å². The molecule has 0 fully saturated rings. The summed E-state index contributed by atoms with van der Waals surface area (Å²) in [5.74, 6) is -1.67. The van der Waals surface area contributed by atoms with E-state index in [0.717, 1.165) is 0 Å². The van der Waals surface area contributed by atoms with E-state index in [1.165, 1.54) is 18.2 Å². The summed E-state index contributed by atoms with van der Waals surface area (Å²) < 4.78 is 4.84. The Kier molecular flexibility index (Phi) is 8.38. The van der Waals surface area contributed by atoms with Crippen molar-refractivity contribution in [1.82, 2.24) is 0 Å². The average Bonchev–Trinajstić information content (AvgIpc) is 2.63. The summed E-state index contributed by atoms with van der Waals surface area (Å²) in [5, 5.41) is 6.41. The van der Waals surface area contributed by atoms with Gasteiger partial charge >= 0.3 is 5.97 Å². The second-order valence-electron chi connectivity index (χ2n) is 5.51.